The van der Waals surface area contributed by atoms with Crippen LogP contribution in [0.3, 0.4) is 0 Å². The number of nitrogens with two attached hydrogens (primary N) is 1. The van der Waals surface area contributed by atoms with Gasteiger partial charge in [-0.15, -0.1) is 0 Å². The fourth-order valence-electron chi connectivity index (χ4n) is 3.75. The third-order valence-electron chi connectivity index (χ3n) is 5.55. The summed E-state index contributed by atoms with van der Waals surface area (Å²) in [5.41, 5.74) is 6.00. The van der Waals surface area contributed by atoms with Gasteiger partial charge in [-0.3, -0.25) is 4.79 Å². The van der Waals surface area contributed by atoms with Crippen molar-refractivity contribution in [3.05, 3.63) is 54.3 Å². The molecule has 174 valence electrons. The summed E-state index contributed by atoms with van der Waals surface area (Å²) in [6, 6.07) is 11.5. The van der Waals surface area contributed by atoms with Crippen molar-refractivity contribution in [1.29, 1.82) is 0 Å². The summed E-state index contributed by atoms with van der Waals surface area (Å²) >= 11 is 0. The molecular formula is C23H24FN3O5S. The van der Waals surface area contributed by atoms with Crippen molar-refractivity contribution in [3.63, 3.8) is 0 Å². The fraction of sp³-hybridized carbons (Fsp3) is 0.304. The molecule has 2 aromatic carbocycles. The van der Waals surface area contributed by atoms with Gasteiger partial charge in [0.15, 0.2) is 0 Å². The van der Waals surface area contributed by atoms with Crippen LogP contribution in [0.1, 0.15) is 19.8 Å². The summed E-state index contributed by atoms with van der Waals surface area (Å²) in [7, 11) is -4.10. The van der Waals surface area contributed by atoms with Crippen molar-refractivity contribution in [2.45, 2.75) is 29.7 Å². The third kappa shape index (κ3) is 4.70. The number of anilines is 1. The minimum Gasteiger partial charge on any atom is -0.494 e. The van der Waals surface area contributed by atoms with Crippen LogP contribution in [0.5, 0.6) is 5.75 Å². The van der Waals surface area contributed by atoms with E-state index >= 15 is 0 Å². The molecule has 0 atom stereocenters. The maximum absolute atomic E-state index is 13.4. The van der Waals surface area contributed by atoms with Crippen molar-refractivity contribution < 1.29 is 26.8 Å². The molecule has 0 aliphatic carbocycles. The number of benzene rings is 2. The smallest absolute Gasteiger partial charge is 0.236 e. The number of primary amides is 1. The number of amides is 1. The molecule has 1 aliphatic heterocycles. The Kier molecular flexibility index (Phi) is 6.37. The summed E-state index contributed by atoms with van der Waals surface area (Å²) in [5, 5.41) is -0.254. The van der Waals surface area contributed by atoms with E-state index in [1.807, 2.05) is 6.92 Å². The van der Waals surface area contributed by atoms with Gasteiger partial charge in [0, 0.05) is 24.6 Å². The lowest BCUT2D eigenvalue weighted by Gasteiger charge is -2.30. The third-order valence-corrected chi connectivity index (χ3v) is 7.22. The number of hydrogen-bond acceptors (Lipinski definition) is 7. The first-order chi connectivity index (χ1) is 15.8. The minimum absolute atomic E-state index is 0.0890. The van der Waals surface area contributed by atoms with Crippen molar-refractivity contribution in [2.24, 2.45) is 11.7 Å². The molecule has 10 heteroatoms. The number of carbonyl (C=O) groups excluding carboxylic acids is 1. The number of rotatable bonds is 7. The first-order valence-electron chi connectivity index (χ1n) is 10.6. The number of aromatic nitrogens is 1. The molecule has 0 saturated carbocycles. The lowest BCUT2D eigenvalue weighted by atomic mass is 9.96. The van der Waals surface area contributed by atoms with Crippen LogP contribution in [0, 0.1) is 11.7 Å². The molecule has 4 rings (SSSR count). The Balaban J connectivity index is 1.75. The van der Waals surface area contributed by atoms with Crippen LogP contribution in [-0.4, -0.2) is 39.0 Å². The fourth-order valence-corrected chi connectivity index (χ4v) is 5.07. The van der Waals surface area contributed by atoms with Crippen LogP contribution in [0.15, 0.2) is 62.9 Å². The highest BCUT2D eigenvalue weighted by Gasteiger charge is 2.34. The lowest BCUT2D eigenvalue weighted by molar-refractivity contribution is -0.122. The molecule has 0 radical (unpaired) electrons. The maximum Gasteiger partial charge on any atom is 0.236 e. The number of nitrogens with zero attached hydrogens (tertiary/aromatic N) is 2. The van der Waals surface area contributed by atoms with E-state index in [9.17, 15) is 17.6 Å². The molecule has 33 heavy (non-hydrogen) atoms. The van der Waals surface area contributed by atoms with E-state index in [2.05, 4.69) is 4.98 Å². The van der Waals surface area contributed by atoms with Gasteiger partial charge in [-0.2, -0.15) is 4.98 Å². The lowest BCUT2D eigenvalue weighted by Crippen LogP contribution is -2.38. The Morgan fingerprint density at radius 2 is 1.79 bits per heavy atom. The number of sulfone groups is 1. The number of carbonyl (C=O) groups is 1. The van der Waals surface area contributed by atoms with Crippen LogP contribution in [0.4, 0.5) is 10.3 Å². The molecule has 1 amide bonds. The molecule has 1 saturated heterocycles. The van der Waals surface area contributed by atoms with Crippen molar-refractivity contribution in [3.8, 4) is 17.2 Å². The zero-order valence-corrected chi connectivity index (χ0v) is 18.8. The van der Waals surface area contributed by atoms with Crippen molar-refractivity contribution >= 4 is 21.6 Å². The monoisotopic (exact) mass is 473 g/mol. The second-order valence-electron chi connectivity index (χ2n) is 7.71. The van der Waals surface area contributed by atoms with Gasteiger partial charge in [0.1, 0.15) is 11.6 Å². The van der Waals surface area contributed by atoms with Crippen LogP contribution in [0.25, 0.3) is 11.5 Å². The van der Waals surface area contributed by atoms with E-state index < -0.39 is 15.7 Å². The predicted octanol–water partition coefficient (Wildman–Crippen LogP) is 3.41. The van der Waals surface area contributed by atoms with E-state index in [0.29, 0.717) is 43.9 Å². The number of halogens is 1. The number of ether oxygens (including phenoxy) is 1. The highest BCUT2D eigenvalue weighted by atomic mass is 32.2. The van der Waals surface area contributed by atoms with Crippen molar-refractivity contribution in [1.82, 2.24) is 4.98 Å². The van der Waals surface area contributed by atoms with Crippen LogP contribution in [-0.2, 0) is 14.6 Å². The van der Waals surface area contributed by atoms with Crippen LogP contribution >= 0.6 is 0 Å². The first-order valence-corrected chi connectivity index (χ1v) is 12.1. The molecule has 8 nitrogen and oxygen atoms in total. The van der Waals surface area contributed by atoms with Crippen LogP contribution < -0.4 is 15.4 Å². The van der Waals surface area contributed by atoms with Gasteiger partial charge >= 0.3 is 0 Å². The van der Waals surface area contributed by atoms with E-state index in [1.54, 1.807) is 29.2 Å². The van der Waals surface area contributed by atoms with Crippen molar-refractivity contribution in [2.75, 3.05) is 24.6 Å². The first kappa shape index (κ1) is 22.8. The average molecular weight is 474 g/mol. The molecule has 0 bridgehead atoms. The van der Waals surface area contributed by atoms with E-state index in [0.717, 1.165) is 12.1 Å². The Hall–Kier alpha value is -3.40. The predicted molar refractivity (Wildman–Crippen MR) is 119 cm³/mol. The summed E-state index contributed by atoms with van der Waals surface area (Å²) < 4.78 is 51.6. The molecular weight excluding hydrogens is 449 g/mol. The summed E-state index contributed by atoms with van der Waals surface area (Å²) in [4.78, 5) is 17.5. The number of piperidine rings is 1. The SMILES string of the molecule is CCOc1ccc(-c2nc(S(=O)(=O)c3ccc(F)cc3)c(N3CCC(C(N)=O)CC3)o2)cc1. The largest absolute Gasteiger partial charge is 0.494 e. The minimum atomic E-state index is -4.10. The average Bonchev–Trinajstić information content (AvgIpc) is 3.27. The molecule has 1 aromatic heterocycles. The Morgan fingerprint density at radius 3 is 2.36 bits per heavy atom. The van der Waals surface area contributed by atoms with E-state index in [4.69, 9.17) is 14.9 Å². The van der Waals surface area contributed by atoms with Gasteiger partial charge in [0.05, 0.1) is 11.5 Å². The topological polar surface area (TPSA) is 116 Å². The zero-order valence-electron chi connectivity index (χ0n) is 18.0. The van der Waals surface area contributed by atoms with Gasteiger partial charge < -0.3 is 19.8 Å². The zero-order chi connectivity index (χ0) is 23.6. The molecule has 2 N–H and O–H groups in total. The van der Waals surface area contributed by atoms with Crippen LogP contribution in [0.2, 0.25) is 0 Å². The molecule has 0 unspecified atom stereocenters. The number of oxazole rings is 1. The second kappa shape index (κ2) is 9.22. The van der Waals surface area contributed by atoms with E-state index in [1.165, 1.54) is 12.1 Å². The van der Waals surface area contributed by atoms with Gasteiger partial charge in [0.25, 0.3) is 0 Å². The molecule has 2 heterocycles. The highest BCUT2D eigenvalue weighted by Crippen LogP contribution is 2.36. The molecule has 1 aliphatic rings. The molecule has 1 fully saturated rings. The number of hydrogen-bond donors (Lipinski definition) is 1. The second-order valence-corrected chi connectivity index (χ2v) is 9.57. The summed E-state index contributed by atoms with van der Waals surface area (Å²) in [5.74, 6) is -0.302. The standard InChI is InChI=1S/C23H24FN3O5S/c1-2-31-18-7-3-16(4-8-18)21-26-22(33(29,30)19-9-5-17(24)6-10-19)23(32-21)27-13-11-15(12-14-27)20(25)28/h3-10,15H,2,11-14H2,1H3,(H2,25,28). The Bertz CT molecular complexity index is 1230. The molecule has 0 spiro atoms. The highest BCUT2D eigenvalue weighted by molar-refractivity contribution is 7.91. The van der Waals surface area contributed by atoms with E-state index in [-0.39, 0.29) is 33.5 Å². The Labute approximate surface area is 191 Å². The Morgan fingerprint density at radius 1 is 1.15 bits per heavy atom. The quantitative estimate of drug-likeness (QED) is 0.523. The van der Waals surface area contributed by atoms with Gasteiger partial charge in [-0.05, 0) is 68.3 Å². The summed E-state index contributed by atoms with van der Waals surface area (Å²) in [6.45, 7) is 3.17. The summed E-state index contributed by atoms with van der Waals surface area (Å²) in [6.07, 6.45) is 0.953. The molecule has 3 aromatic rings. The van der Waals surface area contributed by atoms with Gasteiger partial charge in [0.2, 0.25) is 32.5 Å². The normalized spacial score (nSPS) is 14.9. The van der Waals surface area contributed by atoms with Gasteiger partial charge in [-0.1, -0.05) is 0 Å². The maximum atomic E-state index is 13.4. The van der Waals surface area contributed by atoms with Gasteiger partial charge in [-0.25, -0.2) is 12.8 Å².